The van der Waals surface area contributed by atoms with E-state index in [4.69, 9.17) is 5.73 Å². The van der Waals surface area contributed by atoms with Crippen LogP contribution in [0.3, 0.4) is 0 Å². The van der Waals surface area contributed by atoms with E-state index in [1.165, 1.54) is 0 Å². The molecule has 0 bridgehead atoms. The zero-order valence-electron chi connectivity index (χ0n) is 13.6. The van der Waals surface area contributed by atoms with E-state index in [9.17, 15) is 10.0 Å². The number of nitrogens with two attached hydrogens (primary N) is 1. The molecular weight excluding hydrogens is 286 g/mol. The summed E-state index contributed by atoms with van der Waals surface area (Å²) in [5.41, 5.74) is 5.11. The van der Waals surface area contributed by atoms with E-state index < -0.39 is 5.41 Å². The Morgan fingerprint density at radius 2 is 1.95 bits per heavy atom. The highest BCUT2D eigenvalue weighted by Gasteiger charge is 2.46. The van der Waals surface area contributed by atoms with Gasteiger partial charge in [-0.15, -0.1) is 0 Å². The van der Waals surface area contributed by atoms with Gasteiger partial charge in [-0.1, -0.05) is 38.8 Å². The standard InChI is InChI=1S/C15H29N3O2S/c1-5-7-15(8-6-2,13(16)17-20)14(19)18-9-10-21-12(4)11(18)3/h11-12,20H,5-10H2,1-4H3,(H2,16,17). The summed E-state index contributed by atoms with van der Waals surface area (Å²) in [7, 11) is 0. The molecule has 0 aromatic rings. The molecule has 0 saturated carbocycles. The number of amides is 1. The highest BCUT2D eigenvalue weighted by molar-refractivity contribution is 8.00. The molecule has 3 N–H and O–H groups in total. The minimum absolute atomic E-state index is 0.0288. The molecule has 1 rings (SSSR count). The first-order valence-electron chi connectivity index (χ1n) is 7.85. The first kappa shape index (κ1) is 18.1. The molecule has 2 atom stereocenters. The molecule has 0 aromatic carbocycles. The van der Waals surface area contributed by atoms with Gasteiger partial charge < -0.3 is 15.8 Å². The third-order valence-electron chi connectivity index (χ3n) is 4.51. The van der Waals surface area contributed by atoms with Crippen LogP contribution < -0.4 is 5.73 Å². The molecule has 21 heavy (non-hydrogen) atoms. The van der Waals surface area contributed by atoms with Gasteiger partial charge in [0.2, 0.25) is 5.91 Å². The fraction of sp³-hybridized carbons (Fsp3) is 0.867. The molecule has 1 amide bonds. The van der Waals surface area contributed by atoms with Crippen molar-refractivity contribution in [2.75, 3.05) is 12.3 Å². The molecule has 1 saturated heterocycles. The monoisotopic (exact) mass is 315 g/mol. The molecule has 1 aliphatic rings. The minimum Gasteiger partial charge on any atom is -0.409 e. The second-order valence-corrected chi connectivity index (χ2v) is 7.37. The van der Waals surface area contributed by atoms with Crippen molar-refractivity contribution < 1.29 is 10.0 Å². The molecule has 1 aliphatic heterocycles. The van der Waals surface area contributed by atoms with Crippen LogP contribution in [0.5, 0.6) is 0 Å². The van der Waals surface area contributed by atoms with Crippen molar-refractivity contribution in [3.8, 4) is 0 Å². The Labute approximate surface area is 132 Å². The normalized spacial score (nSPS) is 24.2. The second-order valence-electron chi connectivity index (χ2n) is 5.88. The molecule has 2 unspecified atom stereocenters. The van der Waals surface area contributed by atoms with Gasteiger partial charge in [-0.25, -0.2) is 0 Å². The van der Waals surface area contributed by atoms with Crippen LogP contribution in [0.1, 0.15) is 53.4 Å². The Hall–Kier alpha value is -0.910. The van der Waals surface area contributed by atoms with E-state index in [0.717, 1.165) is 25.1 Å². The van der Waals surface area contributed by atoms with E-state index in [2.05, 4.69) is 19.0 Å². The van der Waals surface area contributed by atoms with E-state index in [1.54, 1.807) is 0 Å². The maximum Gasteiger partial charge on any atom is 0.236 e. The van der Waals surface area contributed by atoms with Crippen LogP contribution in [0.25, 0.3) is 0 Å². The highest BCUT2D eigenvalue weighted by Crippen LogP contribution is 2.36. The molecule has 0 aromatic heterocycles. The fourth-order valence-corrected chi connectivity index (χ4v) is 4.25. The van der Waals surface area contributed by atoms with Gasteiger partial charge in [0.05, 0.1) is 0 Å². The smallest absolute Gasteiger partial charge is 0.236 e. The maximum absolute atomic E-state index is 13.2. The Morgan fingerprint density at radius 3 is 2.43 bits per heavy atom. The van der Waals surface area contributed by atoms with Gasteiger partial charge in [-0.3, -0.25) is 4.79 Å². The van der Waals surface area contributed by atoms with Gasteiger partial charge in [0.25, 0.3) is 0 Å². The van der Waals surface area contributed by atoms with E-state index in [0.29, 0.717) is 18.1 Å². The molecule has 0 spiro atoms. The Kier molecular flexibility index (Phi) is 6.84. The largest absolute Gasteiger partial charge is 0.409 e. The minimum atomic E-state index is -0.853. The second kappa shape index (κ2) is 7.92. The summed E-state index contributed by atoms with van der Waals surface area (Å²) in [6.07, 6.45) is 2.91. The van der Waals surface area contributed by atoms with Crippen molar-refractivity contribution in [3.63, 3.8) is 0 Å². The van der Waals surface area contributed by atoms with E-state index >= 15 is 0 Å². The summed E-state index contributed by atoms with van der Waals surface area (Å²) >= 11 is 1.89. The van der Waals surface area contributed by atoms with Gasteiger partial charge in [0.1, 0.15) is 5.41 Å². The SMILES string of the molecule is CCCC(CCC)(C(=O)N1CCSC(C)C1C)C(N)=NO. The number of carbonyl (C=O) groups excluding carboxylic acids is 1. The van der Waals surface area contributed by atoms with Gasteiger partial charge in [-0.2, -0.15) is 11.8 Å². The zero-order chi connectivity index (χ0) is 16.0. The Morgan fingerprint density at radius 1 is 1.38 bits per heavy atom. The lowest BCUT2D eigenvalue weighted by atomic mass is 9.76. The third kappa shape index (κ3) is 3.65. The average Bonchev–Trinajstić information content (AvgIpc) is 2.48. The first-order valence-corrected chi connectivity index (χ1v) is 8.90. The topological polar surface area (TPSA) is 78.9 Å². The molecule has 0 aliphatic carbocycles. The van der Waals surface area contributed by atoms with Crippen molar-refractivity contribution in [3.05, 3.63) is 0 Å². The lowest BCUT2D eigenvalue weighted by molar-refractivity contribution is -0.141. The Balaban J connectivity index is 3.14. The summed E-state index contributed by atoms with van der Waals surface area (Å²) in [6.45, 7) is 9.03. The third-order valence-corrected chi connectivity index (χ3v) is 5.84. The highest BCUT2D eigenvalue weighted by atomic mass is 32.2. The summed E-state index contributed by atoms with van der Waals surface area (Å²) in [4.78, 5) is 15.1. The van der Waals surface area contributed by atoms with Crippen LogP contribution in [0.15, 0.2) is 5.16 Å². The number of carbonyl (C=O) groups is 1. The lowest BCUT2D eigenvalue weighted by Crippen LogP contribution is -2.57. The zero-order valence-corrected chi connectivity index (χ0v) is 14.4. The first-order chi connectivity index (χ1) is 9.94. The van der Waals surface area contributed by atoms with Gasteiger partial charge >= 0.3 is 0 Å². The van der Waals surface area contributed by atoms with Crippen molar-refractivity contribution in [2.24, 2.45) is 16.3 Å². The van der Waals surface area contributed by atoms with Crippen LogP contribution in [0, 0.1) is 5.41 Å². The van der Waals surface area contributed by atoms with Gasteiger partial charge in [0.15, 0.2) is 5.84 Å². The summed E-state index contributed by atoms with van der Waals surface area (Å²) in [6, 6.07) is 0.177. The molecule has 1 heterocycles. The lowest BCUT2D eigenvalue weighted by Gasteiger charge is -2.43. The number of oxime groups is 1. The predicted octanol–water partition coefficient (Wildman–Crippen LogP) is 2.67. The Bertz CT molecular complexity index is 381. The number of hydrogen-bond acceptors (Lipinski definition) is 4. The van der Waals surface area contributed by atoms with Gasteiger partial charge in [0, 0.05) is 23.6 Å². The maximum atomic E-state index is 13.2. The fourth-order valence-electron chi connectivity index (χ4n) is 3.15. The quantitative estimate of drug-likeness (QED) is 0.342. The molecule has 5 nitrogen and oxygen atoms in total. The summed E-state index contributed by atoms with van der Waals surface area (Å²) < 4.78 is 0. The van der Waals surface area contributed by atoms with Crippen molar-refractivity contribution in [1.29, 1.82) is 0 Å². The van der Waals surface area contributed by atoms with Gasteiger partial charge in [-0.05, 0) is 19.8 Å². The molecule has 1 fully saturated rings. The van der Waals surface area contributed by atoms with E-state index in [1.807, 2.05) is 30.5 Å². The average molecular weight is 315 g/mol. The molecule has 122 valence electrons. The number of rotatable bonds is 6. The number of nitrogens with zero attached hydrogens (tertiary/aromatic N) is 2. The number of thioether (sulfide) groups is 1. The number of hydrogen-bond donors (Lipinski definition) is 2. The molecule has 6 heteroatoms. The summed E-state index contributed by atoms with van der Waals surface area (Å²) in [5.74, 6) is 1.04. The number of amidine groups is 1. The van der Waals surface area contributed by atoms with Crippen LogP contribution >= 0.6 is 11.8 Å². The van der Waals surface area contributed by atoms with Crippen LogP contribution in [-0.2, 0) is 4.79 Å². The molecule has 0 radical (unpaired) electrons. The van der Waals surface area contributed by atoms with Crippen molar-refractivity contribution in [1.82, 2.24) is 4.90 Å². The van der Waals surface area contributed by atoms with Crippen LogP contribution in [0.4, 0.5) is 0 Å². The van der Waals surface area contributed by atoms with Crippen molar-refractivity contribution in [2.45, 2.75) is 64.7 Å². The van der Waals surface area contributed by atoms with Crippen LogP contribution in [0.2, 0.25) is 0 Å². The van der Waals surface area contributed by atoms with Crippen LogP contribution in [-0.4, -0.2) is 45.4 Å². The summed E-state index contributed by atoms with van der Waals surface area (Å²) in [5, 5.41) is 12.8. The van der Waals surface area contributed by atoms with Crippen molar-refractivity contribution >= 4 is 23.5 Å². The van der Waals surface area contributed by atoms with E-state index in [-0.39, 0.29) is 17.8 Å². The predicted molar refractivity (Wildman–Crippen MR) is 88.8 cm³/mol. The molecular formula is C15H29N3O2S.